The maximum atomic E-state index is 12.4. The summed E-state index contributed by atoms with van der Waals surface area (Å²) >= 11 is 1.60. The summed E-state index contributed by atoms with van der Waals surface area (Å²) in [6.07, 6.45) is 6.11. The molecule has 0 N–H and O–H groups in total. The summed E-state index contributed by atoms with van der Waals surface area (Å²) in [6, 6.07) is 0.460. The minimum atomic E-state index is 0.318. The maximum absolute atomic E-state index is 12.4. The van der Waals surface area contributed by atoms with E-state index in [0.29, 0.717) is 24.3 Å². The number of hydrogen-bond donors (Lipinski definition) is 0. The second-order valence-electron chi connectivity index (χ2n) is 5.54. The van der Waals surface area contributed by atoms with E-state index in [2.05, 4.69) is 23.7 Å². The number of rotatable bonds is 5. The Bertz CT molecular complexity index is 391. The molecule has 0 saturated carbocycles. The zero-order valence-electron chi connectivity index (χ0n) is 12.0. The average Bonchev–Trinajstić information content (AvgIpc) is 2.92. The number of carbonyl (C=O) groups excluding carboxylic acids is 1. The van der Waals surface area contributed by atoms with Gasteiger partial charge >= 0.3 is 0 Å². The first-order valence-electron chi connectivity index (χ1n) is 7.39. The van der Waals surface area contributed by atoms with Gasteiger partial charge in [-0.2, -0.15) is 0 Å². The highest BCUT2D eigenvalue weighted by molar-refractivity contribution is 7.07. The molecule has 1 aromatic heterocycles. The molecule has 1 aliphatic rings. The van der Waals surface area contributed by atoms with E-state index in [4.69, 9.17) is 0 Å². The summed E-state index contributed by atoms with van der Waals surface area (Å²) in [4.78, 5) is 18.8. The molecular weight excluding hydrogens is 256 g/mol. The quantitative estimate of drug-likeness (QED) is 0.827. The summed E-state index contributed by atoms with van der Waals surface area (Å²) in [5.41, 5.74) is 2.89. The van der Waals surface area contributed by atoms with Crippen LogP contribution >= 0.6 is 11.3 Å². The van der Waals surface area contributed by atoms with Crippen LogP contribution in [0.3, 0.4) is 0 Å². The van der Waals surface area contributed by atoms with Crippen molar-refractivity contribution < 1.29 is 4.79 Å². The fraction of sp³-hybridized carbons (Fsp3) is 0.733. The molecule has 0 aromatic carbocycles. The number of thiazole rings is 1. The lowest BCUT2D eigenvalue weighted by molar-refractivity contribution is -0.136. The lowest BCUT2D eigenvalue weighted by Gasteiger charge is -2.40. The Hall–Kier alpha value is -0.900. The highest BCUT2D eigenvalue weighted by Crippen LogP contribution is 2.27. The number of amides is 1. The van der Waals surface area contributed by atoms with E-state index >= 15 is 0 Å². The highest BCUT2D eigenvalue weighted by Gasteiger charge is 2.30. The van der Waals surface area contributed by atoms with Crippen LogP contribution < -0.4 is 0 Å². The van der Waals surface area contributed by atoms with E-state index in [0.717, 1.165) is 37.9 Å². The monoisotopic (exact) mass is 280 g/mol. The molecule has 3 nitrogen and oxygen atoms in total. The predicted octanol–water partition coefficient (Wildman–Crippen LogP) is 3.50. The molecule has 19 heavy (non-hydrogen) atoms. The van der Waals surface area contributed by atoms with Gasteiger partial charge < -0.3 is 4.90 Å². The van der Waals surface area contributed by atoms with Gasteiger partial charge in [0.25, 0.3) is 0 Å². The number of aromatic nitrogens is 1. The summed E-state index contributed by atoms with van der Waals surface area (Å²) in [7, 11) is 0. The normalized spacial score (nSPS) is 23.6. The van der Waals surface area contributed by atoms with E-state index in [9.17, 15) is 4.79 Å². The van der Waals surface area contributed by atoms with Crippen molar-refractivity contribution in [2.75, 3.05) is 6.54 Å². The molecule has 106 valence electrons. The second kappa shape index (κ2) is 7.04. The van der Waals surface area contributed by atoms with Crippen molar-refractivity contribution >= 4 is 17.2 Å². The van der Waals surface area contributed by atoms with E-state index < -0.39 is 0 Å². The Morgan fingerprint density at radius 2 is 2.42 bits per heavy atom. The SMILES string of the molecule is CCC[C@H]1[C@H](C)CCCN1C(=O)CCc1cscn1. The molecule has 2 rings (SSSR count). The minimum Gasteiger partial charge on any atom is -0.339 e. The zero-order chi connectivity index (χ0) is 13.7. The van der Waals surface area contributed by atoms with Crippen molar-refractivity contribution in [3.8, 4) is 0 Å². The molecule has 2 heterocycles. The van der Waals surface area contributed by atoms with Gasteiger partial charge in [-0.15, -0.1) is 11.3 Å². The van der Waals surface area contributed by atoms with Gasteiger partial charge in [0.2, 0.25) is 5.91 Å². The first kappa shape index (κ1) is 14.5. The topological polar surface area (TPSA) is 33.2 Å². The van der Waals surface area contributed by atoms with E-state index in [1.807, 2.05) is 10.9 Å². The lowest BCUT2D eigenvalue weighted by atomic mass is 9.87. The summed E-state index contributed by atoms with van der Waals surface area (Å²) < 4.78 is 0. The maximum Gasteiger partial charge on any atom is 0.223 e. The van der Waals surface area contributed by atoms with Crippen LogP contribution in [0.25, 0.3) is 0 Å². The molecule has 0 aliphatic carbocycles. The van der Waals surface area contributed by atoms with Crippen LogP contribution in [-0.2, 0) is 11.2 Å². The van der Waals surface area contributed by atoms with E-state index in [1.54, 1.807) is 11.3 Å². The van der Waals surface area contributed by atoms with Crippen molar-refractivity contribution in [1.82, 2.24) is 9.88 Å². The van der Waals surface area contributed by atoms with Crippen molar-refractivity contribution in [2.24, 2.45) is 5.92 Å². The third-order valence-corrected chi connectivity index (χ3v) is 4.73. The van der Waals surface area contributed by atoms with Crippen LogP contribution in [0.4, 0.5) is 0 Å². The van der Waals surface area contributed by atoms with Crippen molar-refractivity contribution in [2.45, 2.75) is 58.4 Å². The standard InChI is InChI=1S/C15H24N2OS/c1-3-5-14-12(2)6-4-9-17(14)15(18)8-7-13-10-19-11-16-13/h10-12,14H,3-9H2,1-2H3/t12-,14+/m1/s1. The second-order valence-corrected chi connectivity index (χ2v) is 6.26. The number of hydrogen-bond acceptors (Lipinski definition) is 3. The molecule has 0 spiro atoms. The minimum absolute atomic E-state index is 0.318. The van der Waals surface area contributed by atoms with Crippen molar-refractivity contribution in [1.29, 1.82) is 0 Å². The largest absolute Gasteiger partial charge is 0.339 e. The Morgan fingerprint density at radius 1 is 1.58 bits per heavy atom. The number of likely N-dealkylation sites (tertiary alicyclic amines) is 1. The molecule has 1 saturated heterocycles. The van der Waals surface area contributed by atoms with Gasteiger partial charge in [-0.05, 0) is 31.6 Å². The van der Waals surface area contributed by atoms with Gasteiger partial charge in [-0.1, -0.05) is 20.3 Å². The summed E-state index contributed by atoms with van der Waals surface area (Å²) in [6.45, 7) is 5.45. The fourth-order valence-electron chi connectivity index (χ4n) is 3.03. The van der Waals surface area contributed by atoms with Gasteiger partial charge in [-0.25, -0.2) is 4.98 Å². The third-order valence-electron chi connectivity index (χ3n) is 4.10. The molecule has 0 bridgehead atoms. The molecule has 0 radical (unpaired) electrons. The van der Waals surface area contributed by atoms with E-state index in [-0.39, 0.29) is 0 Å². The van der Waals surface area contributed by atoms with Crippen LogP contribution in [-0.4, -0.2) is 28.4 Å². The third kappa shape index (κ3) is 3.78. The first-order valence-corrected chi connectivity index (χ1v) is 8.33. The van der Waals surface area contributed by atoms with Gasteiger partial charge in [0.1, 0.15) is 0 Å². The predicted molar refractivity (Wildman–Crippen MR) is 79.2 cm³/mol. The Kier molecular flexibility index (Phi) is 5.37. The Morgan fingerprint density at radius 3 is 3.11 bits per heavy atom. The summed E-state index contributed by atoms with van der Waals surface area (Å²) in [5, 5.41) is 2.04. The smallest absolute Gasteiger partial charge is 0.223 e. The molecule has 1 amide bonds. The van der Waals surface area contributed by atoms with Gasteiger partial charge in [0, 0.05) is 24.4 Å². The van der Waals surface area contributed by atoms with Crippen LogP contribution in [0.15, 0.2) is 10.9 Å². The van der Waals surface area contributed by atoms with Crippen LogP contribution in [0.2, 0.25) is 0 Å². The number of aryl methyl sites for hydroxylation is 1. The highest BCUT2D eigenvalue weighted by atomic mass is 32.1. The Labute approximate surface area is 120 Å². The Balaban J connectivity index is 1.91. The lowest BCUT2D eigenvalue weighted by Crippen LogP contribution is -2.47. The average molecular weight is 280 g/mol. The van der Waals surface area contributed by atoms with Crippen molar-refractivity contribution in [3.05, 3.63) is 16.6 Å². The molecule has 1 aliphatic heterocycles. The first-order chi connectivity index (χ1) is 9.22. The zero-order valence-corrected chi connectivity index (χ0v) is 12.8. The van der Waals surface area contributed by atoms with E-state index in [1.165, 1.54) is 6.42 Å². The number of nitrogens with zero attached hydrogens (tertiary/aromatic N) is 2. The van der Waals surface area contributed by atoms with Crippen LogP contribution in [0, 0.1) is 5.92 Å². The molecular formula is C15H24N2OS. The van der Waals surface area contributed by atoms with Crippen molar-refractivity contribution in [3.63, 3.8) is 0 Å². The van der Waals surface area contributed by atoms with Crippen LogP contribution in [0.1, 0.15) is 51.6 Å². The van der Waals surface area contributed by atoms with Gasteiger partial charge in [-0.3, -0.25) is 4.79 Å². The molecule has 1 fully saturated rings. The fourth-order valence-corrected chi connectivity index (χ4v) is 3.63. The number of piperidine rings is 1. The summed E-state index contributed by atoms with van der Waals surface area (Å²) in [5.74, 6) is 0.968. The molecule has 4 heteroatoms. The molecule has 2 atom stereocenters. The van der Waals surface area contributed by atoms with Crippen LogP contribution in [0.5, 0.6) is 0 Å². The number of carbonyl (C=O) groups is 1. The van der Waals surface area contributed by atoms with Gasteiger partial charge in [0.05, 0.1) is 11.2 Å². The molecule has 0 unspecified atom stereocenters. The molecule has 1 aromatic rings. The van der Waals surface area contributed by atoms with Gasteiger partial charge in [0.15, 0.2) is 0 Å².